The molecule has 0 fully saturated rings. The van der Waals surface area contributed by atoms with E-state index in [9.17, 15) is 4.79 Å². The topological polar surface area (TPSA) is 57.6 Å². The van der Waals surface area contributed by atoms with E-state index in [1.807, 2.05) is 36.7 Å². The Morgan fingerprint density at radius 2 is 2.06 bits per heavy atom. The number of hydrogen-bond acceptors (Lipinski definition) is 3. The first-order valence-corrected chi connectivity index (χ1v) is 5.13. The number of carbonyl (C=O) groups is 1. The van der Waals surface area contributed by atoms with Crippen LogP contribution in [0.4, 0.5) is 0 Å². The van der Waals surface area contributed by atoms with Gasteiger partial charge in [0.25, 0.3) is 0 Å². The number of nitrogens with zero attached hydrogens (tertiary/aromatic N) is 3. The summed E-state index contributed by atoms with van der Waals surface area (Å²) < 4.78 is 1.77. The molecular formula is C13H10IN3O. The second-order valence-electron chi connectivity index (χ2n) is 3.51. The van der Waals surface area contributed by atoms with Crippen LogP contribution >= 0.6 is 0 Å². The van der Waals surface area contributed by atoms with Crippen molar-refractivity contribution in [3.8, 4) is 6.07 Å². The molecule has 0 aliphatic carbocycles. The highest BCUT2D eigenvalue weighted by Gasteiger charge is 2.13. The maximum atomic E-state index is 11.9. The minimum atomic E-state index is -0.113. The third-order valence-electron chi connectivity index (χ3n) is 2.28. The van der Waals surface area contributed by atoms with Crippen LogP contribution in [0.25, 0.3) is 0 Å². The molecule has 0 atom stereocenters. The first kappa shape index (κ1) is 14.3. The maximum Gasteiger partial charge on any atom is 0.245 e. The zero-order valence-corrected chi connectivity index (χ0v) is 11.6. The lowest BCUT2D eigenvalue weighted by atomic mass is 10.2. The highest BCUT2D eigenvalue weighted by atomic mass is 127. The summed E-state index contributed by atoms with van der Waals surface area (Å²) in [5.41, 5.74) is 0.766. The van der Waals surface area contributed by atoms with Crippen molar-refractivity contribution in [2.75, 3.05) is 0 Å². The van der Waals surface area contributed by atoms with E-state index in [4.69, 9.17) is 5.26 Å². The molecule has 0 saturated carbocycles. The zero-order valence-electron chi connectivity index (χ0n) is 9.45. The third-order valence-corrected chi connectivity index (χ3v) is 2.28. The molecular weight excluding hydrogens is 341 g/mol. The fourth-order valence-electron chi connectivity index (χ4n) is 1.44. The van der Waals surface area contributed by atoms with E-state index < -0.39 is 0 Å². The Labute approximate surface area is 122 Å². The van der Waals surface area contributed by atoms with Gasteiger partial charge in [0.2, 0.25) is 12.3 Å². The lowest BCUT2D eigenvalue weighted by molar-refractivity contribution is -0.683. The second-order valence-corrected chi connectivity index (χ2v) is 3.51. The Bertz CT molecular complexity index is 578. The number of carbonyl (C=O) groups excluding carboxylic acids is 1. The van der Waals surface area contributed by atoms with Crippen molar-refractivity contribution >= 4 is 5.78 Å². The summed E-state index contributed by atoms with van der Waals surface area (Å²) in [6.45, 7) is 0.225. The molecule has 0 radical (unpaired) electrons. The van der Waals surface area contributed by atoms with Gasteiger partial charge in [-0.3, -0.25) is 9.78 Å². The Hall–Kier alpha value is -1.81. The first-order chi connectivity index (χ1) is 8.29. The number of rotatable bonds is 3. The third kappa shape index (κ3) is 3.60. The number of ketones is 1. The molecule has 2 aromatic rings. The number of halogens is 1. The Morgan fingerprint density at radius 1 is 1.33 bits per heavy atom. The van der Waals surface area contributed by atoms with Crippen molar-refractivity contribution in [3.63, 3.8) is 0 Å². The quantitative estimate of drug-likeness (QED) is 0.370. The minimum Gasteiger partial charge on any atom is -1.00 e. The summed E-state index contributed by atoms with van der Waals surface area (Å²) >= 11 is 0. The summed E-state index contributed by atoms with van der Waals surface area (Å²) in [4.78, 5) is 15.9. The van der Waals surface area contributed by atoms with Crippen LogP contribution in [0.3, 0.4) is 0 Å². The van der Waals surface area contributed by atoms with Gasteiger partial charge in [0.15, 0.2) is 12.4 Å². The number of nitriles is 1. The van der Waals surface area contributed by atoms with E-state index in [1.165, 1.54) is 12.3 Å². The van der Waals surface area contributed by atoms with Gasteiger partial charge in [-0.25, -0.2) is 0 Å². The summed E-state index contributed by atoms with van der Waals surface area (Å²) in [6.07, 6.45) is 5.10. The van der Waals surface area contributed by atoms with Crippen LogP contribution in [-0.2, 0) is 6.54 Å². The summed E-state index contributed by atoms with van der Waals surface area (Å²) in [5.74, 6) is -0.113. The van der Waals surface area contributed by atoms with Crippen LogP contribution < -0.4 is 28.5 Å². The van der Waals surface area contributed by atoms with E-state index in [0.29, 0.717) is 11.3 Å². The molecule has 18 heavy (non-hydrogen) atoms. The van der Waals surface area contributed by atoms with E-state index in [0.717, 1.165) is 0 Å². The first-order valence-electron chi connectivity index (χ1n) is 5.13. The molecule has 0 aromatic carbocycles. The molecule has 4 nitrogen and oxygen atoms in total. The van der Waals surface area contributed by atoms with Crippen LogP contribution in [0.1, 0.15) is 16.1 Å². The van der Waals surface area contributed by atoms with Gasteiger partial charge in [0, 0.05) is 18.3 Å². The largest absolute Gasteiger partial charge is 1.00 e. The molecule has 2 aromatic heterocycles. The van der Waals surface area contributed by atoms with Gasteiger partial charge in [-0.15, -0.1) is 0 Å². The van der Waals surface area contributed by atoms with Crippen LogP contribution in [0, 0.1) is 11.3 Å². The van der Waals surface area contributed by atoms with E-state index in [-0.39, 0.29) is 36.3 Å². The van der Waals surface area contributed by atoms with Crippen molar-refractivity contribution in [3.05, 3.63) is 60.2 Å². The molecule has 5 heteroatoms. The van der Waals surface area contributed by atoms with Crippen LogP contribution in [-0.4, -0.2) is 10.8 Å². The molecule has 2 heterocycles. The van der Waals surface area contributed by atoms with Crippen LogP contribution in [0.15, 0.2) is 48.9 Å². The minimum absolute atomic E-state index is 0. The van der Waals surface area contributed by atoms with Crippen LogP contribution in [0.2, 0.25) is 0 Å². The van der Waals surface area contributed by atoms with Gasteiger partial charge < -0.3 is 24.0 Å². The summed E-state index contributed by atoms with van der Waals surface area (Å²) in [5, 5.41) is 8.74. The lowest BCUT2D eigenvalue weighted by Gasteiger charge is -1.97. The van der Waals surface area contributed by atoms with Crippen molar-refractivity contribution in [2.45, 2.75) is 6.54 Å². The molecule has 0 aliphatic rings. The van der Waals surface area contributed by atoms with Crippen molar-refractivity contribution in [1.82, 2.24) is 4.98 Å². The number of pyridine rings is 2. The summed E-state index contributed by atoms with van der Waals surface area (Å²) in [6, 6.07) is 10.7. The highest BCUT2D eigenvalue weighted by molar-refractivity contribution is 5.93. The Morgan fingerprint density at radius 3 is 2.72 bits per heavy atom. The molecule has 90 valence electrons. The predicted octanol–water partition coefficient (Wildman–Crippen LogP) is -1.87. The highest BCUT2D eigenvalue weighted by Crippen LogP contribution is 2.01. The smallest absolute Gasteiger partial charge is 0.245 e. The predicted molar refractivity (Wildman–Crippen MR) is 59.9 cm³/mol. The van der Waals surface area contributed by atoms with E-state index in [1.54, 1.807) is 10.6 Å². The molecule has 0 saturated heterocycles. The Balaban J connectivity index is 0.00000162. The second kappa shape index (κ2) is 6.81. The van der Waals surface area contributed by atoms with Gasteiger partial charge in [-0.05, 0) is 12.1 Å². The Kier molecular flexibility index (Phi) is 5.39. The zero-order chi connectivity index (χ0) is 12.1. The standard InChI is InChI=1S/C13H10N3O.HI/c14-9-11-4-5-15-12(8-11)13(17)10-16-6-2-1-3-7-16;/h1-8H,10H2;1H/q+1;/p-1. The van der Waals surface area contributed by atoms with Gasteiger partial charge in [-0.2, -0.15) is 9.83 Å². The fraction of sp³-hybridized carbons (Fsp3) is 0.0769. The average Bonchev–Trinajstić information content (AvgIpc) is 2.40. The van der Waals surface area contributed by atoms with Crippen molar-refractivity contribution in [1.29, 1.82) is 5.26 Å². The van der Waals surface area contributed by atoms with Crippen LogP contribution in [0.5, 0.6) is 0 Å². The molecule has 0 amide bonds. The van der Waals surface area contributed by atoms with E-state index >= 15 is 0 Å². The molecule has 0 unspecified atom stereocenters. The SMILES string of the molecule is N#Cc1ccnc(C(=O)C[n+]2ccccc2)c1.[I-]. The summed E-state index contributed by atoms with van der Waals surface area (Å²) in [7, 11) is 0. The fourth-order valence-corrected chi connectivity index (χ4v) is 1.44. The average molecular weight is 351 g/mol. The molecule has 0 N–H and O–H groups in total. The number of hydrogen-bond donors (Lipinski definition) is 0. The van der Waals surface area contributed by atoms with Crippen molar-refractivity contribution < 1.29 is 33.3 Å². The number of aromatic nitrogens is 2. The normalized spacial score (nSPS) is 9.06. The maximum absolute atomic E-state index is 11.9. The van der Waals surface area contributed by atoms with E-state index in [2.05, 4.69) is 4.98 Å². The van der Waals surface area contributed by atoms with Gasteiger partial charge in [0.1, 0.15) is 5.69 Å². The molecule has 0 aliphatic heterocycles. The van der Waals surface area contributed by atoms with Gasteiger partial charge >= 0.3 is 0 Å². The molecule has 0 bridgehead atoms. The molecule has 2 rings (SSSR count). The molecule has 0 spiro atoms. The van der Waals surface area contributed by atoms with Gasteiger partial charge in [0.05, 0.1) is 11.6 Å². The van der Waals surface area contributed by atoms with Crippen molar-refractivity contribution in [2.24, 2.45) is 0 Å². The number of Topliss-reactive ketones (excluding diaryl/α,β-unsaturated/α-hetero) is 1. The van der Waals surface area contributed by atoms with Gasteiger partial charge in [-0.1, -0.05) is 6.07 Å². The lowest BCUT2D eigenvalue weighted by Crippen LogP contribution is -3.00. The monoisotopic (exact) mass is 351 g/mol.